The van der Waals surface area contributed by atoms with Crippen molar-refractivity contribution in [2.75, 3.05) is 7.11 Å². The van der Waals surface area contributed by atoms with E-state index in [0.717, 1.165) is 5.57 Å². The number of methoxy groups -OCH3 is 1. The van der Waals surface area contributed by atoms with Gasteiger partial charge in [0.2, 0.25) is 0 Å². The van der Waals surface area contributed by atoms with E-state index < -0.39 is 10.8 Å². The molecule has 0 N–H and O–H groups in total. The van der Waals surface area contributed by atoms with Crippen LogP contribution in [0, 0.1) is 42.9 Å². The van der Waals surface area contributed by atoms with Gasteiger partial charge in [-0.1, -0.05) is 46.3 Å². The molecule has 0 amide bonds. The summed E-state index contributed by atoms with van der Waals surface area (Å²) in [6.45, 7) is 15.3. The van der Waals surface area contributed by atoms with Gasteiger partial charge in [-0.05, 0) is 32.6 Å². The third kappa shape index (κ3) is 2.70. The molecule has 30 heavy (non-hydrogen) atoms. The van der Waals surface area contributed by atoms with Crippen molar-refractivity contribution in [1.82, 2.24) is 0 Å². The van der Waals surface area contributed by atoms with Crippen molar-refractivity contribution >= 4 is 11.6 Å². The SMILES string of the molecule is CCC(=O)[C@H](C)/C=C(\C)[C@H]1[C@H](C)C(=O)[C@@]2(C)[C@@H]1[C@]2(C)c1oc(OC)c(C)c(=O)c1C. The van der Waals surface area contributed by atoms with E-state index in [1.165, 1.54) is 7.11 Å². The molecule has 2 saturated carbocycles. The van der Waals surface area contributed by atoms with Crippen LogP contribution < -0.4 is 10.2 Å². The summed E-state index contributed by atoms with van der Waals surface area (Å²) in [7, 11) is 1.48. The van der Waals surface area contributed by atoms with Crippen molar-refractivity contribution in [2.24, 2.45) is 29.1 Å². The maximum absolute atomic E-state index is 13.4. The highest BCUT2D eigenvalue weighted by atomic mass is 16.6. The highest BCUT2D eigenvalue weighted by Gasteiger charge is 2.83. The summed E-state index contributed by atoms with van der Waals surface area (Å²) in [6, 6.07) is 0. The van der Waals surface area contributed by atoms with Crippen LogP contribution in [0.5, 0.6) is 5.95 Å². The molecule has 2 aliphatic carbocycles. The van der Waals surface area contributed by atoms with Crippen LogP contribution in [0.2, 0.25) is 0 Å². The molecule has 1 heterocycles. The van der Waals surface area contributed by atoms with Crippen LogP contribution in [-0.2, 0) is 15.0 Å². The first kappa shape index (κ1) is 22.5. The molecule has 5 heteroatoms. The van der Waals surface area contributed by atoms with Crippen molar-refractivity contribution in [3.8, 4) is 5.95 Å². The van der Waals surface area contributed by atoms with Gasteiger partial charge >= 0.3 is 0 Å². The van der Waals surface area contributed by atoms with Crippen molar-refractivity contribution in [3.63, 3.8) is 0 Å². The highest BCUT2D eigenvalue weighted by molar-refractivity contribution is 5.97. The molecule has 6 atom stereocenters. The maximum Gasteiger partial charge on any atom is 0.291 e. The highest BCUT2D eigenvalue weighted by Crippen LogP contribution is 2.79. The number of carbonyl (C=O) groups is 2. The molecule has 0 unspecified atom stereocenters. The molecule has 0 aromatic carbocycles. The number of rotatable bonds is 6. The van der Waals surface area contributed by atoms with Crippen LogP contribution in [0.4, 0.5) is 0 Å². The summed E-state index contributed by atoms with van der Waals surface area (Å²) in [5.41, 5.74) is 0.763. The number of allylic oxidation sites excluding steroid dienone is 2. The van der Waals surface area contributed by atoms with Gasteiger partial charge in [0.25, 0.3) is 5.95 Å². The Bertz CT molecular complexity index is 1000. The molecule has 3 rings (SSSR count). The van der Waals surface area contributed by atoms with Crippen molar-refractivity contribution in [3.05, 3.63) is 38.8 Å². The van der Waals surface area contributed by atoms with E-state index in [-0.39, 0.29) is 46.6 Å². The van der Waals surface area contributed by atoms with Gasteiger partial charge in [-0.25, -0.2) is 0 Å². The van der Waals surface area contributed by atoms with Crippen molar-refractivity contribution < 1.29 is 18.7 Å². The molecule has 2 fully saturated rings. The standard InChI is InChI=1S/C25H34O5/c1-10-17(26)12(2)11-13(3)18-14(4)21(28)24(7)20(18)25(24,8)22-15(5)19(27)16(6)23(29-9)30-22/h11-12,14,18,20H,10H2,1-9H3/b13-11+/t12-,14+,18+,20-,24-,25-/m1/s1. The minimum absolute atomic E-state index is 0.0107. The fraction of sp³-hybridized carbons (Fsp3) is 0.640. The Morgan fingerprint density at radius 2 is 1.80 bits per heavy atom. The van der Waals surface area contributed by atoms with E-state index in [1.807, 2.05) is 47.6 Å². The second-order valence-electron chi connectivity index (χ2n) is 9.58. The van der Waals surface area contributed by atoms with Crippen LogP contribution in [0.25, 0.3) is 0 Å². The fourth-order valence-electron chi connectivity index (χ4n) is 6.26. The first-order chi connectivity index (χ1) is 13.9. The van der Waals surface area contributed by atoms with Gasteiger partial charge in [-0.3, -0.25) is 14.4 Å². The smallest absolute Gasteiger partial charge is 0.291 e. The number of ether oxygens (including phenoxy) is 1. The van der Waals surface area contributed by atoms with E-state index in [9.17, 15) is 14.4 Å². The molecule has 164 valence electrons. The van der Waals surface area contributed by atoms with Gasteiger partial charge < -0.3 is 9.15 Å². The van der Waals surface area contributed by atoms with Gasteiger partial charge in [0.05, 0.1) is 12.7 Å². The lowest BCUT2D eigenvalue weighted by Crippen LogP contribution is -2.32. The Morgan fingerprint density at radius 3 is 2.33 bits per heavy atom. The molecule has 0 bridgehead atoms. The summed E-state index contributed by atoms with van der Waals surface area (Å²) in [6.07, 6.45) is 2.51. The summed E-state index contributed by atoms with van der Waals surface area (Å²) in [5, 5.41) is 0. The zero-order chi connectivity index (χ0) is 22.8. The third-order valence-corrected chi connectivity index (χ3v) is 8.14. The number of hydrogen-bond acceptors (Lipinski definition) is 5. The average molecular weight is 415 g/mol. The zero-order valence-corrected chi connectivity index (χ0v) is 19.6. The topological polar surface area (TPSA) is 73.6 Å². The molecule has 0 radical (unpaired) electrons. The van der Waals surface area contributed by atoms with E-state index in [1.54, 1.807) is 13.8 Å². The predicted molar refractivity (Wildman–Crippen MR) is 116 cm³/mol. The minimum Gasteiger partial charge on any atom is -0.468 e. The van der Waals surface area contributed by atoms with Crippen molar-refractivity contribution in [2.45, 2.75) is 67.2 Å². The van der Waals surface area contributed by atoms with E-state index in [0.29, 0.717) is 23.3 Å². The normalized spacial score (nSPS) is 34.0. The Morgan fingerprint density at radius 1 is 1.20 bits per heavy atom. The Hall–Kier alpha value is -2.17. The number of carbonyl (C=O) groups excluding carboxylic acids is 2. The molecular weight excluding hydrogens is 380 g/mol. The summed E-state index contributed by atoms with van der Waals surface area (Å²) < 4.78 is 11.4. The molecule has 0 spiro atoms. The molecule has 5 nitrogen and oxygen atoms in total. The Labute approximate surface area is 178 Å². The first-order valence-electron chi connectivity index (χ1n) is 10.8. The number of ketones is 2. The Kier molecular flexibility index (Phi) is 5.41. The Balaban J connectivity index is 2.12. The zero-order valence-electron chi connectivity index (χ0n) is 19.6. The van der Waals surface area contributed by atoms with Crippen LogP contribution >= 0.6 is 0 Å². The van der Waals surface area contributed by atoms with Crippen LogP contribution in [0.1, 0.15) is 64.9 Å². The van der Waals surface area contributed by atoms with Gasteiger partial charge in [-0.15, -0.1) is 0 Å². The quantitative estimate of drug-likeness (QED) is 0.638. The molecule has 1 aromatic heterocycles. The van der Waals surface area contributed by atoms with Crippen LogP contribution in [0.15, 0.2) is 20.9 Å². The van der Waals surface area contributed by atoms with E-state index in [4.69, 9.17) is 9.15 Å². The third-order valence-electron chi connectivity index (χ3n) is 8.14. The lowest BCUT2D eigenvalue weighted by atomic mass is 9.76. The fourth-order valence-corrected chi connectivity index (χ4v) is 6.26. The molecular formula is C25H34O5. The second-order valence-corrected chi connectivity index (χ2v) is 9.58. The van der Waals surface area contributed by atoms with Gasteiger partial charge in [0.15, 0.2) is 5.43 Å². The second kappa shape index (κ2) is 7.21. The minimum atomic E-state index is -0.606. The lowest BCUT2D eigenvalue weighted by Gasteiger charge is -2.28. The number of hydrogen-bond donors (Lipinski definition) is 0. The van der Waals surface area contributed by atoms with Gasteiger partial charge in [0.1, 0.15) is 17.3 Å². The van der Waals surface area contributed by atoms with Gasteiger partial charge in [-0.2, -0.15) is 0 Å². The predicted octanol–water partition coefficient (Wildman–Crippen LogP) is 4.56. The lowest BCUT2D eigenvalue weighted by molar-refractivity contribution is -0.126. The summed E-state index contributed by atoms with van der Waals surface area (Å²) in [5.74, 6) is 0.876. The average Bonchev–Trinajstić information content (AvgIpc) is 3.11. The molecule has 2 aliphatic rings. The van der Waals surface area contributed by atoms with E-state index >= 15 is 0 Å². The van der Waals surface area contributed by atoms with Gasteiger partial charge in [0, 0.05) is 34.7 Å². The van der Waals surface area contributed by atoms with Crippen molar-refractivity contribution in [1.29, 1.82) is 0 Å². The van der Waals surface area contributed by atoms with E-state index in [2.05, 4.69) is 0 Å². The molecule has 0 aliphatic heterocycles. The number of fused-ring (bicyclic) bond motifs is 1. The summed E-state index contributed by atoms with van der Waals surface area (Å²) >= 11 is 0. The monoisotopic (exact) mass is 414 g/mol. The molecule has 0 saturated heterocycles. The summed E-state index contributed by atoms with van der Waals surface area (Å²) in [4.78, 5) is 38.4. The maximum atomic E-state index is 13.4. The molecule has 1 aromatic rings. The largest absolute Gasteiger partial charge is 0.468 e. The van der Waals surface area contributed by atoms with Crippen LogP contribution in [-0.4, -0.2) is 18.7 Å². The van der Waals surface area contributed by atoms with Crippen LogP contribution in [0.3, 0.4) is 0 Å². The first-order valence-corrected chi connectivity index (χ1v) is 10.8. The number of Topliss-reactive ketones (excluding diaryl/α,β-unsaturated/α-hetero) is 2.